The van der Waals surface area contributed by atoms with Gasteiger partial charge < -0.3 is 5.73 Å². The molecule has 2 N–H and O–H groups in total. The standard InChI is InChI=1S/C5H7F2NO/c6-5(7)2-3(5)1-4(8)9/h3H,1-2H2,(H2,8,9)/t3-/m0/s1. The Labute approximate surface area is 51.0 Å². The van der Waals surface area contributed by atoms with E-state index in [1.54, 1.807) is 0 Å². The largest absolute Gasteiger partial charge is 0.370 e. The zero-order chi connectivity index (χ0) is 7.07. The average Bonchev–Trinajstić information content (AvgIpc) is 2.10. The van der Waals surface area contributed by atoms with Crippen molar-refractivity contribution in [1.82, 2.24) is 0 Å². The molecule has 1 aliphatic carbocycles. The number of amides is 1. The lowest BCUT2D eigenvalue weighted by Gasteiger charge is -1.90. The molecule has 1 atom stereocenters. The number of carbonyl (C=O) groups is 1. The molecule has 2 nitrogen and oxygen atoms in total. The normalized spacial score (nSPS) is 29.8. The van der Waals surface area contributed by atoms with Crippen LogP contribution in [0.25, 0.3) is 0 Å². The minimum absolute atomic E-state index is 0.171. The first kappa shape index (κ1) is 6.45. The summed E-state index contributed by atoms with van der Waals surface area (Å²) in [6, 6.07) is 0. The van der Waals surface area contributed by atoms with Gasteiger partial charge >= 0.3 is 0 Å². The van der Waals surface area contributed by atoms with Gasteiger partial charge in [0.1, 0.15) is 0 Å². The highest BCUT2D eigenvalue weighted by molar-refractivity contribution is 5.74. The number of rotatable bonds is 2. The monoisotopic (exact) mass is 135 g/mol. The Bertz CT molecular complexity index is 146. The van der Waals surface area contributed by atoms with E-state index in [0.29, 0.717) is 0 Å². The van der Waals surface area contributed by atoms with Crippen LogP contribution in [0, 0.1) is 5.92 Å². The van der Waals surface area contributed by atoms with E-state index in [4.69, 9.17) is 0 Å². The first-order valence-corrected chi connectivity index (χ1v) is 2.68. The molecule has 0 saturated heterocycles. The minimum atomic E-state index is -2.60. The second-order valence-electron chi connectivity index (χ2n) is 2.33. The summed E-state index contributed by atoms with van der Waals surface area (Å²) in [5.41, 5.74) is 4.68. The SMILES string of the molecule is NC(=O)C[C@H]1CC1(F)F. The van der Waals surface area contributed by atoms with Crippen molar-refractivity contribution < 1.29 is 13.6 Å². The fourth-order valence-electron chi connectivity index (χ4n) is 0.734. The predicted molar refractivity (Wildman–Crippen MR) is 26.9 cm³/mol. The maximum Gasteiger partial charge on any atom is 0.252 e. The second-order valence-corrected chi connectivity index (χ2v) is 2.33. The van der Waals surface area contributed by atoms with Gasteiger partial charge in [0.15, 0.2) is 0 Å². The van der Waals surface area contributed by atoms with Crippen molar-refractivity contribution in [2.45, 2.75) is 18.8 Å². The lowest BCUT2D eigenvalue weighted by Crippen LogP contribution is -2.12. The van der Waals surface area contributed by atoms with Crippen molar-refractivity contribution in [2.75, 3.05) is 0 Å². The number of hydrogen-bond acceptors (Lipinski definition) is 1. The van der Waals surface area contributed by atoms with Crippen LogP contribution in [0.5, 0.6) is 0 Å². The second kappa shape index (κ2) is 1.65. The lowest BCUT2D eigenvalue weighted by atomic mass is 10.3. The highest BCUT2D eigenvalue weighted by Gasteiger charge is 2.56. The molecule has 0 heterocycles. The van der Waals surface area contributed by atoms with Gasteiger partial charge in [0.2, 0.25) is 5.91 Å². The van der Waals surface area contributed by atoms with Crippen molar-refractivity contribution in [2.24, 2.45) is 11.7 Å². The lowest BCUT2D eigenvalue weighted by molar-refractivity contribution is -0.118. The van der Waals surface area contributed by atoms with Crippen LogP contribution in [0.3, 0.4) is 0 Å². The highest BCUT2D eigenvalue weighted by Crippen LogP contribution is 2.50. The molecule has 0 spiro atoms. The van der Waals surface area contributed by atoms with E-state index < -0.39 is 17.7 Å². The highest BCUT2D eigenvalue weighted by atomic mass is 19.3. The maximum atomic E-state index is 11.9. The molecule has 4 heteroatoms. The molecule has 0 aromatic carbocycles. The smallest absolute Gasteiger partial charge is 0.252 e. The Morgan fingerprint density at radius 2 is 2.22 bits per heavy atom. The van der Waals surface area contributed by atoms with Crippen molar-refractivity contribution in [3.8, 4) is 0 Å². The van der Waals surface area contributed by atoms with Gasteiger partial charge in [-0.2, -0.15) is 0 Å². The molecule has 1 rings (SSSR count). The van der Waals surface area contributed by atoms with E-state index in [9.17, 15) is 13.6 Å². The van der Waals surface area contributed by atoms with Crippen molar-refractivity contribution >= 4 is 5.91 Å². The number of primary amides is 1. The Morgan fingerprint density at radius 3 is 2.33 bits per heavy atom. The molecule has 0 radical (unpaired) electrons. The number of nitrogens with two attached hydrogens (primary N) is 1. The summed E-state index contributed by atoms with van der Waals surface area (Å²) in [5, 5.41) is 0. The Kier molecular flexibility index (Phi) is 1.18. The molecule has 1 fully saturated rings. The van der Waals surface area contributed by atoms with E-state index >= 15 is 0 Å². The van der Waals surface area contributed by atoms with Gasteiger partial charge in [-0.25, -0.2) is 8.78 Å². The van der Waals surface area contributed by atoms with Gasteiger partial charge in [-0.1, -0.05) is 0 Å². The third-order valence-electron chi connectivity index (χ3n) is 1.40. The van der Waals surface area contributed by atoms with E-state index in [1.807, 2.05) is 0 Å². The van der Waals surface area contributed by atoms with E-state index in [0.717, 1.165) is 0 Å². The zero-order valence-corrected chi connectivity index (χ0v) is 4.73. The fraction of sp³-hybridized carbons (Fsp3) is 0.800. The van der Waals surface area contributed by atoms with Crippen LogP contribution in [-0.2, 0) is 4.79 Å². The van der Waals surface area contributed by atoms with Crippen LogP contribution in [-0.4, -0.2) is 11.8 Å². The number of halogens is 2. The molecular weight excluding hydrogens is 128 g/mol. The third kappa shape index (κ3) is 1.37. The summed E-state index contributed by atoms with van der Waals surface area (Å²) in [5.74, 6) is -4.01. The summed E-state index contributed by atoms with van der Waals surface area (Å²) in [4.78, 5) is 10.0. The van der Waals surface area contributed by atoms with E-state index in [2.05, 4.69) is 5.73 Å². The number of hydrogen-bond donors (Lipinski definition) is 1. The molecule has 0 aliphatic heterocycles. The zero-order valence-electron chi connectivity index (χ0n) is 4.73. The fourth-order valence-corrected chi connectivity index (χ4v) is 0.734. The summed E-state index contributed by atoms with van der Waals surface area (Å²) in [6.45, 7) is 0. The van der Waals surface area contributed by atoms with Gasteiger partial charge in [-0.3, -0.25) is 4.79 Å². The Hall–Kier alpha value is -0.670. The van der Waals surface area contributed by atoms with Crippen LogP contribution in [0.15, 0.2) is 0 Å². The van der Waals surface area contributed by atoms with E-state index in [-0.39, 0.29) is 12.8 Å². The molecule has 52 valence electrons. The summed E-state index contributed by atoms with van der Waals surface area (Å²) in [6.07, 6.45) is -0.344. The molecule has 1 saturated carbocycles. The summed E-state index contributed by atoms with van der Waals surface area (Å²) >= 11 is 0. The van der Waals surface area contributed by atoms with Crippen LogP contribution in [0.4, 0.5) is 8.78 Å². The van der Waals surface area contributed by atoms with Gasteiger partial charge in [-0.05, 0) is 0 Å². The average molecular weight is 135 g/mol. The molecule has 1 aliphatic rings. The number of carbonyl (C=O) groups excluding carboxylic acids is 1. The van der Waals surface area contributed by atoms with Crippen LogP contribution >= 0.6 is 0 Å². The molecule has 9 heavy (non-hydrogen) atoms. The first-order chi connectivity index (χ1) is 4.02. The minimum Gasteiger partial charge on any atom is -0.370 e. The molecular formula is C5H7F2NO. The van der Waals surface area contributed by atoms with Crippen LogP contribution < -0.4 is 5.73 Å². The van der Waals surface area contributed by atoms with E-state index in [1.165, 1.54) is 0 Å². The van der Waals surface area contributed by atoms with Crippen LogP contribution in [0.2, 0.25) is 0 Å². The Morgan fingerprint density at radius 1 is 1.78 bits per heavy atom. The van der Waals surface area contributed by atoms with Gasteiger partial charge in [0.25, 0.3) is 5.92 Å². The molecule has 0 unspecified atom stereocenters. The van der Waals surface area contributed by atoms with Crippen molar-refractivity contribution in [1.29, 1.82) is 0 Å². The Balaban J connectivity index is 2.28. The molecule has 0 bridgehead atoms. The molecule has 0 aromatic heterocycles. The summed E-state index contributed by atoms with van der Waals surface area (Å²) < 4.78 is 23.9. The van der Waals surface area contributed by atoms with Gasteiger partial charge in [0, 0.05) is 18.8 Å². The quantitative estimate of drug-likeness (QED) is 0.589. The topological polar surface area (TPSA) is 43.1 Å². The predicted octanol–water partition coefficient (Wildman–Crippen LogP) is 0.517. The molecule has 0 aromatic rings. The van der Waals surface area contributed by atoms with Crippen molar-refractivity contribution in [3.63, 3.8) is 0 Å². The molecule has 1 amide bonds. The van der Waals surface area contributed by atoms with Gasteiger partial charge in [0.05, 0.1) is 0 Å². The third-order valence-corrected chi connectivity index (χ3v) is 1.40. The first-order valence-electron chi connectivity index (χ1n) is 2.68. The van der Waals surface area contributed by atoms with Crippen molar-refractivity contribution in [3.05, 3.63) is 0 Å². The summed E-state index contributed by atoms with van der Waals surface area (Å²) in [7, 11) is 0. The van der Waals surface area contributed by atoms with Crippen LogP contribution in [0.1, 0.15) is 12.8 Å². The maximum absolute atomic E-state index is 11.9. The number of alkyl halides is 2. The van der Waals surface area contributed by atoms with Gasteiger partial charge in [-0.15, -0.1) is 0 Å².